The number of hydrogen-bond donors (Lipinski definition) is 1. The van der Waals surface area contributed by atoms with Gasteiger partial charge < -0.3 is 9.84 Å². The van der Waals surface area contributed by atoms with Crippen molar-refractivity contribution in [3.05, 3.63) is 24.3 Å². The molecule has 0 aliphatic carbocycles. The molecule has 0 aliphatic rings. The number of phenolic OH excluding ortho intramolecular Hbond substituents is 1. The molecule has 0 saturated heterocycles. The Morgan fingerprint density at radius 2 is 1.76 bits per heavy atom. The summed E-state index contributed by atoms with van der Waals surface area (Å²) in [7, 11) is 0. The molecule has 1 aromatic rings. The number of ether oxygens (including phenoxy) is 1. The molecule has 0 aromatic heterocycles. The van der Waals surface area contributed by atoms with E-state index in [4.69, 9.17) is 4.74 Å². The van der Waals surface area contributed by atoms with Gasteiger partial charge in [-0.05, 0) is 56.9 Å². The average molecular weight is 236 g/mol. The molecule has 1 aromatic carbocycles. The van der Waals surface area contributed by atoms with E-state index in [1.165, 1.54) is 12.8 Å². The third kappa shape index (κ3) is 5.62. The highest BCUT2D eigenvalue weighted by Gasteiger charge is 2.19. The largest absolute Gasteiger partial charge is 0.508 e. The summed E-state index contributed by atoms with van der Waals surface area (Å²) in [5.41, 5.74) is -0.147. The summed E-state index contributed by atoms with van der Waals surface area (Å²) in [6, 6.07) is 6.91. The van der Waals surface area contributed by atoms with Crippen LogP contribution in [0.4, 0.5) is 0 Å². The Balaban J connectivity index is 2.45. The fraction of sp³-hybridized carbons (Fsp3) is 0.600. The SMILES string of the molecule is CC(C)CCCC(C)(C)Oc1ccc(O)cc1. The third-order valence-corrected chi connectivity index (χ3v) is 2.79. The Kier molecular flexibility index (Phi) is 4.86. The highest BCUT2D eigenvalue weighted by Crippen LogP contribution is 2.25. The Morgan fingerprint density at radius 1 is 1.18 bits per heavy atom. The van der Waals surface area contributed by atoms with Gasteiger partial charge in [0.25, 0.3) is 0 Å². The topological polar surface area (TPSA) is 29.5 Å². The number of aromatic hydroxyl groups is 1. The monoisotopic (exact) mass is 236 g/mol. The fourth-order valence-electron chi connectivity index (χ4n) is 1.82. The maximum absolute atomic E-state index is 9.20. The second kappa shape index (κ2) is 5.95. The fourth-order valence-corrected chi connectivity index (χ4v) is 1.82. The van der Waals surface area contributed by atoms with Crippen LogP contribution in [0, 0.1) is 5.92 Å². The van der Waals surface area contributed by atoms with Gasteiger partial charge in [-0.3, -0.25) is 0 Å². The summed E-state index contributed by atoms with van der Waals surface area (Å²) in [5, 5.41) is 9.20. The van der Waals surface area contributed by atoms with Gasteiger partial charge in [0.1, 0.15) is 17.1 Å². The highest BCUT2D eigenvalue weighted by molar-refractivity contribution is 5.30. The van der Waals surface area contributed by atoms with Crippen molar-refractivity contribution in [1.29, 1.82) is 0 Å². The first-order chi connectivity index (χ1) is 7.89. The summed E-state index contributed by atoms with van der Waals surface area (Å²) >= 11 is 0. The van der Waals surface area contributed by atoms with Crippen molar-refractivity contribution in [1.82, 2.24) is 0 Å². The molecule has 0 saturated carbocycles. The molecule has 0 amide bonds. The summed E-state index contributed by atoms with van der Waals surface area (Å²) in [6.45, 7) is 8.71. The second-order valence-electron chi connectivity index (χ2n) is 5.64. The van der Waals surface area contributed by atoms with Gasteiger partial charge in [-0.2, -0.15) is 0 Å². The van der Waals surface area contributed by atoms with Gasteiger partial charge in [0.15, 0.2) is 0 Å². The molecule has 0 bridgehead atoms. The lowest BCUT2D eigenvalue weighted by atomic mass is 9.97. The molecule has 0 aliphatic heterocycles. The molecule has 1 N–H and O–H groups in total. The van der Waals surface area contributed by atoms with E-state index in [9.17, 15) is 5.11 Å². The molecule has 0 fully saturated rings. The van der Waals surface area contributed by atoms with Crippen LogP contribution in [0.15, 0.2) is 24.3 Å². The normalized spacial score (nSPS) is 11.8. The first-order valence-electron chi connectivity index (χ1n) is 6.37. The van der Waals surface area contributed by atoms with Gasteiger partial charge in [-0.1, -0.05) is 20.3 Å². The molecular weight excluding hydrogens is 212 g/mol. The lowest BCUT2D eigenvalue weighted by Gasteiger charge is -2.27. The predicted molar refractivity (Wildman–Crippen MR) is 71.5 cm³/mol. The van der Waals surface area contributed by atoms with Crippen molar-refractivity contribution in [2.45, 2.75) is 52.6 Å². The van der Waals surface area contributed by atoms with Gasteiger partial charge in [0.05, 0.1) is 0 Å². The van der Waals surface area contributed by atoms with Crippen LogP contribution in [0.3, 0.4) is 0 Å². The maximum Gasteiger partial charge on any atom is 0.120 e. The minimum absolute atomic E-state index is 0.147. The number of hydrogen-bond acceptors (Lipinski definition) is 2. The summed E-state index contributed by atoms with van der Waals surface area (Å²) < 4.78 is 5.93. The van der Waals surface area contributed by atoms with E-state index in [0.717, 1.165) is 18.1 Å². The van der Waals surface area contributed by atoms with Gasteiger partial charge >= 0.3 is 0 Å². The van der Waals surface area contributed by atoms with E-state index < -0.39 is 0 Å². The van der Waals surface area contributed by atoms with Crippen LogP contribution in [-0.2, 0) is 0 Å². The Bertz CT molecular complexity index is 325. The zero-order valence-electron chi connectivity index (χ0n) is 11.4. The second-order valence-corrected chi connectivity index (χ2v) is 5.64. The van der Waals surface area contributed by atoms with Crippen LogP contribution in [-0.4, -0.2) is 10.7 Å². The molecule has 0 atom stereocenters. The van der Waals surface area contributed by atoms with E-state index in [1.54, 1.807) is 24.3 Å². The molecule has 96 valence electrons. The zero-order valence-corrected chi connectivity index (χ0v) is 11.4. The molecule has 0 spiro atoms. The molecule has 2 nitrogen and oxygen atoms in total. The van der Waals surface area contributed by atoms with Crippen LogP contribution in [0.2, 0.25) is 0 Å². The van der Waals surface area contributed by atoms with Crippen molar-refractivity contribution >= 4 is 0 Å². The van der Waals surface area contributed by atoms with Crippen molar-refractivity contribution in [3.8, 4) is 11.5 Å². The molecule has 2 heteroatoms. The van der Waals surface area contributed by atoms with Crippen LogP contribution < -0.4 is 4.74 Å². The quantitative estimate of drug-likeness (QED) is 0.794. The Morgan fingerprint density at radius 3 is 2.29 bits per heavy atom. The van der Waals surface area contributed by atoms with E-state index in [1.807, 2.05) is 0 Å². The van der Waals surface area contributed by atoms with Gasteiger partial charge in [-0.25, -0.2) is 0 Å². The van der Waals surface area contributed by atoms with Crippen LogP contribution in [0.1, 0.15) is 47.0 Å². The lowest BCUT2D eigenvalue weighted by molar-refractivity contribution is 0.0951. The van der Waals surface area contributed by atoms with Crippen LogP contribution in [0.25, 0.3) is 0 Å². The first-order valence-corrected chi connectivity index (χ1v) is 6.37. The van der Waals surface area contributed by atoms with Crippen molar-refractivity contribution in [3.63, 3.8) is 0 Å². The Labute approximate surface area is 105 Å². The smallest absolute Gasteiger partial charge is 0.120 e. The average Bonchev–Trinajstić information content (AvgIpc) is 2.20. The molecule has 0 heterocycles. The van der Waals surface area contributed by atoms with Crippen LogP contribution >= 0.6 is 0 Å². The highest BCUT2D eigenvalue weighted by atomic mass is 16.5. The van der Waals surface area contributed by atoms with Crippen molar-refractivity contribution in [2.24, 2.45) is 5.92 Å². The third-order valence-electron chi connectivity index (χ3n) is 2.79. The van der Waals surface area contributed by atoms with Crippen molar-refractivity contribution in [2.75, 3.05) is 0 Å². The molecule has 0 radical (unpaired) electrons. The number of phenols is 1. The maximum atomic E-state index is 9.20. The van der Waals surface area contributed by atoms with Gasteiger partial charge in [0, 0.05) is 0 Å². The van der Waals surface area contributed by atoms with Crippen LogP contribution in [0.5, 0.6) is 11.5 Å². The lowest BCUT2D eigenvalue weighted by Crippen LogP contribution is -2.28. The summed E-state index contributed by atoms with van der Waals surface area (Å²) in [4.78, 5) is 0. The van der Waals surface area contributed by atoms with E-state index in [-0.39, 0.29) is 11.4 Å². The number of rotatable bonds is 6. The standard InChI is InChI=1S/C15H24O2/c1-12(2)6-5-11-15(3,4)17-14-9-7-13(16)8-10-14/h7-10,12,16H,5-6,11H2,1-4H3. The molecule has 1 rings (SSSR count). The van der Waals surface area contributed by atoms with Crippen molar-refractivity contribution < 1.29 is 9.84 Å². The van der Waals surface area contributed by atoms with Gasteiger partial charge in [-0.15, -0.1) is 0 Å². The zero-order chi connectivity index (χ0) is 12.9. The molecule has 0 unspecified atom stereocenters. The number of benzene rings is 1. The molecule has 17 heavy (non-hydrogen) atoms. The van der Waals surface area contributed by atoms with E-state index in [0.29, 0.717) is 0 Å². The summed E-state index contributed by atoms with van der Waals surface area (Å²) in [6.07, 6.45) is 3.47. The first kappa shape index (κ1) is 13.9. The van der Waals surface area contributed by atoms with E-state index >= 15 is 0 Å². The minimum atomic E-state index is -0.147. The predicted octanol–water partition coefficient (Wildman–Crippen LogP) is 4.38. The van der Waals surface area contributed by atoms with E-state index in [2.05, 4.69) is 27.7 Å². The summed E-state index contributed by atoms with van der Waals surface area (Å²) in [5.74, 6) is 1.84. The Hall–Kier alpha value is -1.18. The minimum Gasteiger partial charge on any atom is -0.508 e. The molecular formula is C15H24O2. The van der Waals surface area contributed by atoms with Gasteiger partial charge in [0.2, 0.25) is 0 Å².